The van der Waals surface area contributed by atoms with Crippen LogP contribution < -0.4 is 10.6 Å². The van der Waals surface area contributed by atoms with Crippen LogP contribution in [0, 0.1) is 0 Å². The van der Waals surface area contributed by atoms with E-state index in [1.165, 1.54) is 0 Å². The van der Waals surface area contributed by atoms with E-state index < -0.39 is 23.8 Å². The minimum absolute atomic E-state index is 0.445. The summed E-state index contributed by atoms with van der Waals surface area (Å²) in [4.78, 5) is 42.6. The SMILES string of the molecule is O=C(O)/C=C/C(=O)NCCCCCCNC(=O)/C=C/C(=O)O. The largest absolute Gasteiger partial charge is 0.478 e. The van der Waals surface area contributed by atoms with Gasteiger partial charge in [-0.05, 0) is 12.8 Å². The molecule has 0 saturated carbocycles. The van der Waals surface area contributed by atoms with Crippen LogP contribution in [-0.4, -0.2) is 47.1 Å². The Kier molecular flexibility index (Phi) is 10.7. The van der Waals surface area contributed by atoms with Crippen molar-refractivity contribution in [2.75, 3.05) is 13.1 Å². The summed E-state index contributed by atoms with van der Waals surface area (Å²) in [7, 11) is 0. The minimum Gasteiger partial charge on any atom is -0.478 e. The summed E-state index contributed by atoms with van der Waals surface area (Å²) in [5.74, 6) is -3.23. The molecule has 0 spiro atoms. The van der Waals surface area contributed by atoms with Crippen LogP contribution in [0.4, 0.5) is 0 Å². The van der Waals surface area contributed by atoms with Crippen molar-refractivity contribution < 1.29 is 29.4 Å². The molecule has 0 unspecified atom stereocenters. The summed E-state index contributed by atoms with van der Waals surface area (Å²) in [5.41, 5.74) is 0. The molecule has 0 fully saturated rings. The smallest absolute Gasteiger partial charge is 0.328 e. The first kappa shape index (κ1) is 19.4. The molecule has 2 amide bonds. The molecule has 0 bridgehead atoms. The molecule has 0 aromatic rings. The summed E-state index contributed by atoms with van der Waals surface area (Å²) < 4.78 is 0. The summed E-state index contributed by atoms with van der Waals surface area (Å²) in [6.07, 6.45) is 6.67. The van der Waals surface area contributed by atoms with Gasteiger partial charge in [0, 0.05) is 37.4 Å². The zero-order valence-electron chi connectivity index (χ0n) is 12.1. The average molecular weight is 312 g/mol. The van der Waals surface area contributed by atoms with Crippen LogP contribution >= 0.6 is 0 Å². The molecule has 0 aliphatic rings. The molecule has 0 radical (unpaired) electrons. The third-order valence-electron chi connectivity index (χ3n) is 2.46. The number of amides is 2. The standard InChI is InChI=1S/C14H20N2O6/c17-11(5-7-13(19)20)15-9-3-1-2-4-10-16-12(18)6-8-14(21)22/h5-8H,1-4,9-10H2,(H,15,17)(H,16,18)(H,19,20)(H,21,22)/b7-5+,8-6+. The number of nitrogens with one attached hydrogen (secondary N) is 2. The van der Waals surface area contributed by atoms with Gasteiger partial charge in [0.05, 0.1) is 0 Å². The van der Waals surface area contributed by atoms with E-state index in [1.807, 2.05) is 0 Å². The van der Waals surface area contributed by atoms with E-state index in [0.29, 0.717) is 13.1 Å². The van der Waals surface area contributed by atoms with Crippen LogP contribution in [0.5, 0.6) is 0 Å². The van der Waals surface area contributed by atoms with Gasteiger partial charge in [0.2, 0.25) is 11.8 Å². The maximum atomic E-state index is 11.1. The highest BCUT2D eigenvalue weighted by Gasteiger charge is 1.98. The van der Waals surface area contributed by atoms with E-state index >= 15 is 0 Å². The zero-order chi connectivity index (χ0) is 16.8. The summed E-state index contributed by atoms with van der Waals surface area (Å²) in [6.45, 7) is 0.910. The highest BCUT2D eigenvalue weighted by Crippen LogP contribution is 1.97. The van der Waals surface area contributed by atoms with Crippen LogP contribution in [0.1, 0.15) is 25.7 Å². The van der Waals surface area contributed by atoms with Crippen LogP contribution in [0.25, 0.3) is 0 Å². The van der Waals surface area contributed by atoms with Gasteiger partial charge in [0.25, 0.3) is 0 Å². The Morgan fingerprint density at radius 1 is 0.636 bits per heavy atom. The first-order valence-electron chi connectivity index (χ1n) is 6.79. The Labute approximate surface area is 127 Å². The van der Waals surface area contributed by atoms with E-state index in [-0.39, 0.29) is 0 Å². The molecule has 0 aromatic heterocycles. The summed E-state index contributed by atoms with van der Waals surface area (Å²) in [5, 5.41) is 21.8. The predicted molar refractivity (Wildman–Crippen MR) is 78.0 cm³/mol. The zero-order valence-corrected chi connectivity index (χ0v) is 12.1. The van der Waals surface area contributed by atoms with Crippen LogP contribution in [-0.2, 0) is 19.2 Å². The quantitative estimate of drug-likeness (QED) is 0.315. The number of aliphatic carboxylic acids is 2. The van der Waals surface area contributed by atoms with Crippen LogP contribution in [0.15, 0.2) is 24.3 Å². The normalized spacial score (nSPS) is 10.7. The van der Waals surface area contributed by atoms with E-state index in [4.69, 9.17) is 10.2 Å². The maximum absolute atomic E-state index is 11.1. The van der Waals surface area contributed by atoms with Gasteiger partial charge >= 0.3 is 11.9 Å². The summed E-state index contributed by atoms with van der Waals surface area (Å²) in [6, 6.07) is 0. The minimum atomic E-state index is -1.17. The van der Waals surface area contributed by atoms with Gasteiger partial charge in [-0.25, -0.2) is 9.59 Å². The second-order valence-electron chi connectivity index (χ2n) is 4.34. The number of carboxylic acids is 2. The van der Waals surface area contributed by atoms with Crippen LogP contribution in [0.3, 0.4) is 0 Å². The topological polar surface area (TPSA) is 133 Å². The van der Waals surface area contributed by atoms with Crippen LogP contribution in [0.2, 0.25) is 0 Å². The number of hydrogen-bond acceptors (Lipinski definition) is 4. The molecule has 22 heavy (non-hydrogen) atoms. The molecule has 0 rings (SSSR count). The van der Waals surface area contributed by atoms with Gasteiger partial charge < -0.3 is 20.8 Å². The lowest BCUT2D eigenvalue weighted by molar-refractivity contribution is -0.132. The predicted octanol–water partition coefficient (Wildman–Crippen LogP) is 0.0608. The van der Waals surface area contributed by atoms with E-state index in [9.17, 15) is 19.2 Å². The Balaban J connectivity index is 3.47. The fourth-order valence-electron chi connectivity index (χ4n) is 1.44. The highest BCUT2D eigenvalue weighted by molar-refractivity contribution is 5.94. The van der Waals surface area contributed by atoms with E-state index in [1.54, 1.807) is 0 Å². The fourth-order valence-corrected chi connectivity index (χ4v) is 1.44. The third-order valence-corrected chi connectivity index (χ3v) is 2.46. The molecule has 8 heteroatoms. The highest BCUT2D eigenvalue weighted by atomic mass is 16.4. The molecule has 0 heterocycles. The molecule has 0 saturated heterocycles. The van der Waals surface area contributed by atoms with Gasteiger partial charge in [0.15, 0.2) is 0 Å². The average Bonchev–Trinajstić information content (AvgIpc) is 2.45. The van der Waals surface area contributed by atoms with Crippen molar-refractivity contribution in [1.82, 2.24) is 10.6 Å². The number of carbonyl (C=O) groups is 4. The van der Waals surface area contributed by atoms with E-state index in [0.717, 1.165) is 50.0 Å². The van der Waals surface area contributed by atoms with Gasteiger partial charge in [-0.3, -0.25) is 9.59 Å². The lowest BCUT2D eigenvalue weighted by Gasteiger charge is -2.03. The van der Waals surface area contributed by atoms with E-state index in [2.05, 4.69) is 10.6 Å². The maximum Gasteiger partial charge on any atom is 0.328 e. The van der Waals surface area contributed by atoms with Gasteiger partial charge in [0.1, 0.15) is 0 Å². The second-order valence-corrected chi connectivity index (χ2v) is 4.34. The molecule has 0 aliphatic heterocycles. The van der Waals surface area contributed by atoms with Crippen molar-refractivity contribution in [3.8, 4) is 0 Å². The fraction of sp³-hybridized carbons (Fsp3) is 0.429. The number of carbonyl (C=O) groups excluding carboxylic acids is 2. The third kappa shape index (κ3) is 13.8. The second kappa shape index (κ2) is 12.1. The van der Waals surface area contributed by atoms with Gasteiger partial charge in [-0.15, -0.1) is 0 Å². The molecular weight excluding hydrogens is 292 g/mol. The van der Waals surface area contributed by atoms with Crippen molar-refractivity contribution >= 4 is 23.8 Å². The number of carboxylic acid groups (broad SMARTS) is 2. The first-order chi connectivity index (χ1) is 10.4. The molecular formula is C14H20N2O6. The lowest BCUT2D eigenvalue weighted by Crippen LogP contribution is -2.23. The molecule has 4 N–H and O–H groups in total. The number of hydrogen-bond donors (Lipinski definition) is 4. The molecule has 0 atom stereocenters. The van der Waals surface area contributed by atoms with Crippen molar-refractivity contribution in [3.63, 3.8) is 0 Å². The summed E-state index contributed by atoms with van der Waals surface area (Å²) >= 11 is 0. The van der Waals surface area contributed by atoms with Gasteiger partial charge in [-0.1, -0.05) is 12.8 Å². The van der Waals surface area contributed by atoms with Crippen molar-refractivity contribution in [2.24, 2.45) is 0 Å². The molecule has 0 aromatic carbocycles. The lowest BCUT2D eigenvalue weighted by atomic mass is 10.2. The van der Waals surface area contributed by atoms with Gasteiger partial charge in [-0.2, -0.15) is 0 Å². The molecule has 0 aliphatic carbocycles. The Morgan fingerprint density at radius 3 is 1.32 bits per heavy atom. The monoisotopic (exact) mass is 312 g/mol. The van der Waals surface area contributed by atoms with Crippen molar-refractivity contribution in [1.29, 1.82) is 0 Å². The molecule has 8 nitrogen and oxygen atoms in total. The van der Waals surface area contributed by atoms with Crippen molar-refractivity contribution in [2.45, 2.75) is 25.7 Å². The number of rotatable bonds is 11. The Morgan fingerprint density at radius 2 is 1.00 bits per heavy atom. The Bertz CT molecular complexity index is 414. The molecule has 122 valence electrons. The first-order valence-corrected chi connectivity index (χ1v) is 6.79. The van der Waals surface area contributed by atoms with Crippen molar-refractivity contribution in [3.05, 3.63) is 24.3 Å². The Hall–Kier alpha value is -2.64. The number of unbranched alkanes of at least 4 members (excludes halogenated alkanes) is 3.